The van der Waals surface area contributed by atoms with Gasteiger partial charge in [-0.15, -0.1) is 11.3 Å². The lowest BCUT2D eigenvalue weighted by Gasteiger charge is -2.13. The lowest BCUT2D eigenvalue weighted by atomic mass is 10.2. The molecule has 2 aromatic carbocycles. The number of methoxy groups -OCH3 is 1. The Balaban J connectivity index is 1.42. The molecule has 0 atom stereocenters. The standard InChI is InChI=1S/C23H19BrN2O4S/c1-28-18-5-3-2-4-15(18)12-26-16-10-22(24)31-21(16)9-17(26)23(27)25-11-14-6-7-19-20(8-14)30-13-29-19/h2-10H,11-13H2,1H3,(H,25,27). The molecule has 0 aliphatic carbocycles. The Morgan fingerprint density at radius 3 is 2.87 bits per heavy atom. The quantitative estimate of drug-likeness (QED) is 0.397. The highest BCUT2D eigenvalue weighted by atomic mass is 79.9. The fourth-order valence-corrected chi connectivity index (χ4v) is 5.26. The van der Waals surface area contributed by atoms with Gasteiger partial charge < -0.3 is 24.1 Å². The first kappa shape index (κ1) is 20.0. The normalized spacial score (nSPS) is 12.3. The van der Waals surface area contributed by atoms with E-state index in [1.807, 2.05) is 59.2 Å². The predicted octanol–water partition coefficient (Wildman–Crippen LogP) is 5.18. The number of nitrogens with one attached hydrogen (secondary N) is 1. The van der Waals surface area contributed by atoms with Gasteiger partial charge in [0, 0.05) is 12.1 Å². The van der Waals surface area contributed by atoms with Gasteiger partial charge in [0.15, 0.2) is 11.5 Å². The van der Waals surface area contributed by atoms with E-state index in [1.165, 1.54) is 0 Å². The average Bonchev–Trinajstić information content (AvgIpc) is 3.47. The van der Waals surface area contributed by atoms with Gasteiger partial charge in [-0.25, -0.2) is 0 Å². The Labute approximate surface area is 191 Å². The Morgan fingerprint density at radius 1 is 1.16 bits per heavy atom. The molecule has 0 bridgehead atoms. The van der Waals surface area contributed by atoms with Gasteiger partial charge in [-0.3, -0.25) is 4.79 Å². The second kappa shape index (κ2) is 8.28. The van der Waals surface area contributed by atoms with Crippen LogP contribution in [0.2, 0.25) is 0 Å². The van der Waals surface area contributed by atoms with Crippen molar-refractivity contribution in [2.75, 3.05) is 13.9 Å². The van der Waals surface area contributed by atoms with Crippen LogP contribution in [0.15, 0.2) is 58.4 Å². The number of halogens is 1. The van der Waals surface area contributed by atoms with Gasteiger partial charge in [-0.05, 0) is 51.8 Å². The molecule has 6 nitrogen and oxygen atoms in total. The van der Waals surface area contributed by atoms with Crippen LogP contribution in [-0.4, -0.2) is 24.4 Å². The molecule has 31 heavy (non-hydrogen) atoms. The highest BCUT2D eigenvalue weighted by Gasteiger charge is 2.19. The number of hydrogen-bond acceptors (Lipinski definition) is 5. The summed E-state index contributed by atoms with van der Waals surface area (Å²) in [6.45, 7) is 1.16. The number of amides is 1. The van der Waals surface area contributed by atoms with Crippen LogP contribution < -0.4 is 19.5 Å². The molecule has 0 spiro atoms. The minimum absolute atomic E-state index is 0.132. The summed E-state index contributed by atoms with van der Waals surface area (Å²) in [6.07, 6.45) is 0. The van der Waals surface area contributed by atoms with Gasteiger partial charge in [0.25, 0.3) is 5.91 Å². The lowest BCUT2D eigenvalue weighted by Crippen LogP contribution is -2.25. The zero-order valence-corrected chi connectivity index (χ0v) is 19.1. The van der Waals surface area contributed by atoms with Crippen molar-refractivity contribution in [3.05, 3.63) is 75.2 Å². The fourth-order valence-electron chi connectivity index (χ4n) is 3.70. The Kier molecular flexibility index (Phi) is 5.33. The summed E-state index contributed by atoms with van der Waals surface area (Å²) >= 11 is 5.16. The van der Waals surface area contributed by atoms with Gasteiger partial charge >= 0.3 is 0 Å². The molecule has 4 aromatic rings. The third-order valence-electron chi connectivity index (χ3n) is 5.20. The van der Waals surface area contributed by atoms with Crippen molar-refractivity contribution in [3.8, 4) is 17.2 Å². The van der Waals surface area contributed by atoms with E-state index in [2.05, 4.69) is 21.2 Å². The predicted molar refractivity (Wildman–Crippen MR) is 123 cm³/mol. The Bertz CT molecular complexity index is 1280. The lowest BCUT2D eigenvalue weighted by molar-refractivity contribution is 0.0942. The maximum atomic E-state index is 13.1. The average molecular weight is 499 g/mol. The first-order chi connectivity index (χ1) is 15.1. The molecule has 1 aliphatic rings. The van der Waals surface area contributed by atoms with Gasteiger partial charge in [-0.1, -0.05) is 24.3 Å². The second-order valence-corrected chi connectivity index (χ2v) is 9.56. The topological polar surface area (TPSA) is 61.7 Å². The van der Waals surface area contributed by atoms with Crippen LogP contribution >= 0.6 is 27.3 Å². The van der Waals surface area contributed by atoms with E-state index < -0.39 is 0 Å². The van der Waals surface area contributed by atoms with Crippen molar-refractivity contribution >= 4 is 43.4 Å². The number of benzene rings is 2. The molecule has 0 unspecified atom stereocenters. The van der Waals surface area contributed by atoms with Crippen LogP contribution in [0.3, 0.4) is 0 Å². The number of nitrogens with zero attached hydrogens (tertiary/aromatic N) is 1. The molecule has 0 radical (unpaired) electrons. The molecule has 1 amide bonds. The SMILES string of the molecule is COc1ccccc1Cn1c(C(=O)NCc2ccc3c(c2)OCO3)cc2sc(Br)cc21. The third kappa shape index (κ3) is 3.88. The number of carbonyl (C=O) groups is 1. The van der Waals surface area contributed by atoms with Gasteiger partial charge in [-0.2, -0.15) is 0 Å². The number of carbonyl (C=O) groups excluding carboxylic acids is 1. The van der Waals surface area contributed by atoms with E-state index in [0.717, 1.165) is 36.6 Å². The Morgan fingerprint density at radius 2 is 2.00 bits per heavy atom. The smallest absolute Gasteiger partial charge is 0.268 e. The number of fused-ring (bicyclic) bond motifs is 2. The molecule has 0 saturated carbocycles. The molecule has 0 saturated heterocycles. The molecular formula is C23H19BrN2O4S. The summed E-state index contributed by atoms with van der Waals surface area (Å²) in [5, 5.41) is 3.03. The first-order valence-electron chi connectivity index (χ1n) is 9.69. The largest absolute Gasteiger partial charge is 0.496 e. The van der Waals surface area contributed by atoms with E-state index in [1.54, 1.807) is 18.4 Å². The summed E-state index contributed by atoms with van der Waals surface area (Å²) in [5.41, 5.74) is 3.58. The van der Waals surface area contributed by atoms with Crippen molar-refractivity contribution in [1.82, 2.24) is 9.88 Å². The minimum atomic E-state index is -0.132. The number of ether oxygens (including phenoxy) is 3. The maximum absolute atomic E-state index is 13.1. The van der Waals surface area contributed by atoms with Crippen LogP contribution in [-0.2, 0) is 13.1 Å². The molecular weight excluding hydrogens is 480 g/mol. The van der Waals surface area contributed by atoms with E-state index >= 15 is 0 Å². The van der Waals surface area contributed by atoms with Crippen molar-refractivity contribution in [1.29, 1.82) is 0 Å². The number of para-hydroxylation sites is 1. The number of aromatic nitrogens is 1. The molecule has 1 N–H and O–H groups in total. The summed E-state index contributed by atoms with van der Waals surface area (Å²) < 4.78 is 20.4. The van der Waals surface area contributed by atoms with E-state index in [9.17, 15) is 4.79 Å². The molecule has 3 heterocycles. The van der Waals surface area contributed by atoms with Crippen LogP contribution in [0.1, 0.15) is 21.6 Å². The van der Waals surface area contributed by atoms with Crippen LogP contribution in [0.4, 0.5) is 0 Å². The summed E-state index contributed by atoms with van der Waals surface area (Å²) in [4.78, 5) is 13.1. The van der Waals surface area contributed by atoms with Crippen molar-refractivity contribution < 1.29 is 19.0 Å². The van der Waals surface area contributed by atoms with Crippen molar-refractivity contribution in [2.45, 2.75) is 13.1 Å². The molecule has 8 heteroatoms. The monoisotopic (exact) mass is 498 g/mol. The molecule has 0 fully saturated rings. The van der Waals surface area contributed by atoms with Gasteiger partial charge in [0.1, 0.15) is 11.4 Å². The second-order valence-electron chi connectivity index (χ2n) is 7.10. The maximum Gasteiger partial charge on any atom is 0.268 e. The Hall–Kier alpha value is -2.97. The highest BCUT2D eigenvalue weighted by Crippen LogP contribution is 2.34. The summed E-state index contributed by atoms with van der Waals surface area (Å²) in [5.74, 6) is 2.10. The van der Waals surface area contributed by atoms with E-state index in [0.29, 0.717) is 24.5 Å². The van der Waals surface area contributed by atoms with Gasteiger partial charge in [0.2, 0.25) is 6.79 Å². The highest BCUT2D eigenvalue weighted by molar-refractivity contribution is 9.11. The molecule has 158 valence electrons. The number of thiophene rings is 1. The van der Waals surface area contributed by atoms with Crippen molar-refractivity contribution in [2.24, 2.45) is 0 Å². The van der Waals surface area contributed by atoms with Crippen LogP contribution in [0.25, 0.3) is 10.2 Å². The zero-order chi connectivity index (χ0) is 21.4. The minimum Gasteiger partial charge on any atom is -0.496 e. The summed E-state index contributed by atoms with van der Waals surface area (Å²) in [7, 11) is 1.66. The van der Waals surface area contributed by atoms with Crippen LogP contribution in [0, 0.1) is 0 Å². The van der Waals surface area contributed by atoms with Crippen LogP contribution in [0.5, 0.6) is 17.2 Å². The zero-order valence-electron chi connectivity index (χ0n) is 16.7. The molecule has 2 aromatic heterocycles. The molecule has 1 aliphatic heterocycles. The number of hydrogen-bond donors (Lipinski definition) is 1. The van der Waals surface area contributed by atoms with Gasteiger partial charge in [0.05, 0.1) is 27.7 Å². The molecule has 5 rings (SSSR count). The van der Waals surface area contributed by atoms with E-state index in [-0.39, 0.29) is 12.7 Å². The number of rotatable bonds is 6. The fraction of sp³-hybridized carbons (Fsp3) is 0.174. The van der Waals surface area contributed by atoms with Crippen molar-refractivity contribution in [3.63, 3.8) is 0 Å². The van der Waals surface area contributed by atoms with E-state index in [4.69, 9.17) is 14.2 Å². The summed E-state index contributed by atoms with van der Waals surface area (Å²) in [6, 6.07) is 17.5. The first-order valence-corrected chi connectivity index (χ1v) is 11.3. The third-order valence-corrected chi connectivity index (χ3v) is 6.78.